The maximum atomic E-state index is 11.7. The fraction of sp³-hybridized carbons (Fsp3) is 0.190. The van der Waals surface area contributed by atoms with E-state index >= 15 is 0 Å². The molecule has 1 aromatic heterocycles. The van der Waals surface area contributed by atoms with Crippen LogP contribution >= 0.6 is 11.6 Å². The Bertz CT molecular complexity index is 957. The second-order valence-electron chi connectivity index (χ2n) is 5.67. The average molecular weight is 387 g/mol. The van der Waals surface area contributed by atoms with Crippen molar-refractivity contribution in [1.29, 1.82) is 0 Å². The summed E-state index contributed by atoms with van der Waals surface area (Å²) in [5, 5.41) is 1.50. The molecule has 0 N–H and O–H groups in total. The highest BCUT2D eigenvalue weighted by molar-refractivity contribution is 6.30. The maximum absolute atomic E-state index is 11.7. The van der Waals surface area contributed by atoms with Crippen LogP contribution in [0.25, 0.3) is 17.0 Å². The summed E-state index contributed by atoms with van der Waals surface area (Å²) in [6.07, 6.45) is 4.58. The standard InChI is InChI=1S/C21H19ClO5/c1-3-25-18(23)9-6-15-12-16-10-11-26-19(16)21(24-2)20(15)27-13-14-4-7-17(22)8-5-14/h4-12H,3,13H2,1-2H3. The van der Waals surface area contributed by atoms with Crippen LogP contribution in [-0.4, -0.2) is 19.7 Å². The highest BCUT2D eigenvalue weighted by Gasteiger charge is 2.17. The number of carbonyl (C=O) groups excluding carboxylic acids is 1. The highest BCUT2D eigenvalue weighted by Crippen LogP contribution is 2.40. The molecule has 0 saturated heterocycles. The van der Waals surface area contributed by atoms with Gasteiger partial charge in [-0.25, -0.2) is 4.79 Å². The van der Waals surface area contributed by atoms with Crippen LogP contribution in [0.15, 0.2) is 53.2 Å². The van der Waals surface area contributed by atoms with Crippen LogP contribution in [0.2, 0.25) is 5.02 Å². The van der Waals surface area contributed by atoms with Gasteiger partial charge in [0.25, 0.3) is 0 Å². The summed E-state index contributed by atoms with van der Waals surface area (Å²) in [5.74, 6) is 0.526. The van der Waals surface area contributed by atoms with Crippen LogP contribution < -0.4 is 9.47 Å². The van der Waals surface area contributed by atoms with Gasteiger partial charge in [-0.05, 0) is 42.8 Å². The third-order valence-electron chi connectivity index (χ3n) is 3.87. The van der Waals surface area contributed by atoms with Crippen molar-refractivity contribution in [3.63, 3.8) is 0 Å². The van der Waals surface area contributed by atoms with E-state index in [0.717, 1.165) is 10.9 Å². The van der Waals surface area contributed by atoms with Crippen LogP contribution in [0.5, 0.6) is 11.5 Å². The summed E-state index contributed by atoms with van der Waals surface area (Å²) in [6.45, 7) is 2.38. The Hall–Kier alpha value is -2.92. The number of methoxy groups -OCH3 is 1. The van der Waals surface area contributed by atoms with E-state index in [4.69, 9.17) is 30.2 Å². The molecular weight excluding hydrogens is 368 g/mol. The molecule has 0 unspecified atom stereocenters. The molecule has 3 rings (SSSR count). The van der Waals surface area contributed by atoms with E-state index in [1.54, 1.807) is 38.5 Å². The molecule has 0 fully saturated rings. The molecule has 2 aromatic carbocycles. The number of carbonyl (C=O) groups is 1. The third kappa shape index (κ3) is 4.44. The topological polar surface area (TPSA) is 57.9 Å². The molecule has 3 aromatic rings. The third-order valence-corrected chi connectivity index (χ3v) is 4.12. The number of fused-ring (bicyclic) bond motifs is 1. The Balaban J connectivity index is 1.97. The van der Waals surface area contributed by atoms with Gasteiger partial charge in [-0.15, -0.1) is 0 Å². The van der Waals surface area contributed by atoms with E-state index in [1.165, 1.54) is 6.08 Å². The second-order valence-corrected chi connectivity index (χ2v) is 6.10. The SMILES string of the molecule is CCOC(=O)C=Cc1cc2ccoc2c(OC)c1OCc1ccc(Cl)cc1. The Morgan fingerprint density at radius 3 is 2.67 bits per heavy atom. The van der Waals surface area contributed by atoms with Crippen LogP contribution in [0.1, 0.15) is 18.1 Å². The van der Waals surface area contributed by atoms with Gasteiger partial charge >= 0.3 is 5.97 Å². The van der Waals surface area contributed by atoms with Gasteiger partial charge in [0.1, 0.15) is 6.61 Å². The zero-order valence-corrected chi connectivity index (χ0v) is 15.8. The van der Waals surface area contributed by atoms with Gasteiger partial charge in [0, 0.05) is 22.0 Å². The van der Waals surface area contributed by atoms with Crippen molar-refractivity contribution in [1.82, 2.24) is 0 Å². The van der Waals surface area contributed by atoms with Crippen molar-refractivity contribution in [2.45, 2.75) is 13.5 Å². The zero-order valence-electron chi connectivity index (χ0n) is 15.0. The minimum Gasteiger partial charge on any atom is -0.490 e. The lowest BCUT2D eigenvalue weighted by molar-refractivity contribution is -0.137. The van der Waals surface area contributed by atoms with Crippen molar-refractivity contribution in [2.24, 2.45) is 0 Å². The van der Waals surface area contributed by atoms with Crippen molar-refractivity contribution in [2.75, 3.05) is 13.7 Å². The monoisotopic (exact) mass is 386 g/mol. The lowest BCUT2D eigenvalue weighted by Gasteiger charge is -2.14. The van der Waals surface area contributed by atoms with Gasteiger partial charge < -0.3 is 18.6 Å². The molecule has 0 aliphatic rings. The number of halogens is 1. The summed E-state index contributed by atoms with van der Waals surface area (Å²) in [5.41, 5.74) is 2.21. The Morgan fingerprint density at radius 2 is 1.96 bits per heavy atom. The van der Waals surface area contributed by atoms with Gasteiger partial charge in [-0.1, -0.05) is 23.7 Å². The molecule has 0 spiro atoms. The van der Waals surface area contributed by atoms with Gasteiger partial charge in [-0.2, -0.15) is 0 Å². The molecule has 140 valence electrons. The fourth-order valence-electron chi connectivity index (χ4n) is 2.63. The lowest BCUT2D eigenvalue weighted by Crippen LogP contribution is -2.01. The number of furan rings is 1. The predicted octanol–water partition coefficient (Wildman–Crippen LogP) is 5.25. The van der Waals surface area contributed by atoms with Crippen LogP contribution in [0, 0.1) is 0 Å². The average Bonchev–Trinajstić information content (AvgIpc) is 3.13. The molecule has 0 atom stereocenters. The summed E-state index contributed by atoms with van der Waals surface area (Å²) in [4.78, 5) is 11.7. The Labute approximate surface area is 162 Å². The van der Waals surface area contributed by atoms with Gasteiger partial charge in [0.15, 0.2) is 11.3 Å². The van der Waals surface area contributed by atoms with Crippen molar-refractivity contribution < 1.29 is 23.4 Å². The fourth-order valence-corrected chi connectivity index (χ4v) is 2.75. The maximum Gasteiger partial charge on any atom is 0.330 e. The molecular formula is C21H19ClO5. The van der Waals surface area contributed by atoms with Gasteiger partial charge in [0.05, 0.1) is 20.0 Å². The van der Waals surface area contributed by atoms with Crippen molar-refractivity contribution >= 4 is 34.6 Å². The van der Waals surface area contributed by atoms with Gasteiger partial charge in [-0.3, -0.25) is 0 Å². The van der Waals surface area contributed by atoms with E-state index in [9.17, 15) is 4.79 Å². The predicted molar refractivity (Wildman–Crippen MR) is 104 cm³/mol. The second kappa shape index (κ2) is 8.64. The van der Waals surface area contributed by atoms with E-state index in [1.807, 2.05) is 24.3 Å². The molecule has 6 heteroatoms. The number of benzene rings is 2. The molecule has 0 aliphatic heterocycles. The lowest BCUT2D eigenvalue weighted by atomic mass is 10.1. The zero-order chi connectivity index (χ0) is 19.2. The first-order valence-corrected chi connectivity index (χ1v) is 8.80. The quantitative estimate of drug-likeness (QED) is 0.410. The summed E-state index contributed by atoms with van der Waals surface area (Å²) in [7, 11) is 1.55. The molecule has 1 heterocycles. The first kappa shape index (κ1) is 18.9. The first-order valence-electron chi connectivity index (χ1n) is 8.42. The smallest absolute Gasteiger partial charge is 0.330 e. The van der Waals surface area contributed by atoms with Crippen LogP contribution in [0.3, 0.4) is 0 Å². The first-order chi connectivity index (χ1) is 13.1. The highest BCUT2D eigenvalue weighted by atomic mass is 35.5. The Kier molecular flexibility index (Phi) is 6.04. The largest absolute Gasteiger partial charge is 0.490 e. The molecule has 27 heavy (non-hydrogen) atoms. The minimum atomic E-state index is -0.424. The number of hydrogen-bond donors (Lipinski definition) is 0. The molecule has 5 nitrogen and oxygen atoms in total. The number of esters is 1. The van der Waals surface area contributed by atoms with Crippen LogP contribution in [-0.2, 0) is 16.1 Å². The molecule has 0 aliphatic carbocycles. The van der Waals surface area contributed by atoms with E-state index < -0.39 is 5.97 Å². The van der Waals surface area contributed by atoms with Crippen LogP contribution in [0.4, 0.5) is 0 Å². The number of rotatable bonds is 7. The normalized spacial score (nSPS) is 11.1. The van der Waals surface area contributed by atoms with Crippen molar-refractivity contribution in [3.05, 3.63) is 64.9 Å². The minimum absolute atomic E-state index is 0.306. The molecule has 0 bridgehead atoms. The molecule has 0 radical (unpaired) electrons. The van der Waals surface area contributed by atoms with Crippen molar-refractivity contribution in [3.8, 4) is 11.5 Å². The summed E-state index contributed by atoms with van der Waals surface area (Å²) in [6, 6.07) is 11.1. The van der Waals surface area contributed by atoms with Gasteiger partial charge in [0.2, 0.25) is 5.75 Å². The number of hydrogen-bond acceptors (Lipinski definition) is 5. The molecule has 0 saturated carbocycles. The molecule has 0 amide bonds. The summed E-state index contributed by atoms with van der Waals surface area (Å²) >= 11 is 5.93. The Morgan fingerprint density at radius 1 is 1.19 bits per heavy atom. The number of ether oxygens (including phenoxy) is 3. The van der Waals surface area contributed by atoms with E-state index in [-0.39, 0.29) is 0 Å². The van der Waals surface area contributed by atoms with E-state index in [0.29, 0.717) is 40.9 Å². The van der Waals surface area contributed by atoms with E-state index in [2.05, 4.69) is 0 Å². The summed E-state index contributed by atoms with van der Waals surface area (Å²) < 4.78 is 22.0.